The lowest BCUT2D eigenvalue weighted by atomic mass is 10.1. The molecule has 5 nitrogen and oxygen atoms in total. The van der Waals surface area contributed by atoms with E-state index in [1.165, 1.54) is 11.1 Å². The van der Waals surface area contributed by atoms with Gasteiger partial charge in [0.05, 0.1) is 6.54 Å². The van der Waals surface area contributed by atoms with Crippen LogP contribution in [0.15, 0.2) is 29.3 Å². The first-order valence-corrected chi connectivity index (χ1v) is 8.55. The quantitative estimate of drug-likeness (QED) is 0.250. The van der Waals surface area contributed by atoms with Gasteiger partial charge in [0, 0.05) is 25.6 Å². The van der Waals surface area contributed by atoms with Gasteiger partial charge in [0.25, 0.3) is 0 Å². The van der Waals surface area contributed by atoms with Crippen LogP contribution >= 0.6 is 24.0 Å². The Kier molecular flexibility index (Phi) is 9.75. The molecule has 0 heterocycles. The van der Waals surface area contributed by atoms with E-state index < -0.39 is 0 Å². The molecule has 0 radical (unpaired) electrons. The molecule has 2 rings (SSSR count). The first-order valence-electron chi connectivity index (χ1n) is 8.55. The molecule has 1 saturated carbocycles. The van der Waals surface area contributed by atoms with Crippen LogP contribution in [0, 0.1) is 6.92 Å². The number of rotatable bonds is 8. The number of benzene rings is 1. The van der Waals surface area contributed by atoms with E-state index in [2.05, 4.69) is 40.0 Å². The molecule has 0 bridgehead atoms. The highest BCUT2D eigenvalue weighted by Crippen LogP contribution is 2.18. The summed E-state index contributed by atoms with van der Waals surface area (Å²) in [6, 6.07) is 8.73. The van der Waals surface area contributed by atoms with Gasteiger partial charge in [0.1, 0.15) is 0 Å². The minimum atomic E-state index is 0. The van der Waals surface area contributed by atoms with E-state index in [1.54, 1.807) is 0 Å². The largest absolute Gasteiger partial charge is 0.357 e. The molecular weight excluding hydrogens is 415 g/mol. The van der Waals surface area contributed by atoms with Crippen molar-refractivity contribution in [3.63, 3.8) is 0 Å². The molecule has 0 aromatic heterocycles. The SMILES string of the molecule is CCNC(=NCc1ccccc1C)NCCCC(=O)NC1CC1.I. The average Bonchev–Trinajstić information content (AvgIpc) is 3.34. The molecular formula is C18H29IN4O. The number of hydrogen-bond donors (Lipinski definition) is 3. The molecule has 1 aromatic rings. The maximum absolute atomic E-state index is 11.6. The van der Waals surface area contributed by atoms with Gasteiger partial charge in [-0.05, 0) is 44.2 Å². The zero-order valence-corrected chi connectivity index (χ0v) is 16.9. The summed E-state index contributed by atoms with van der Waals surface area (Å²) in [5.74, 6) is 0.967. The molecule has 0 saturated heterocycles. The summed E-state index contributed by atoms with van der Waals surface area (Å²) in [5.41, 5.74) is 2.48. The first kappa shape index (κ1) is 20.7. The summed E-state index contributed by atoms with van der Waals surface area (Å²) >= 11 is 0. The van der Waals surface area contributed by atoms with Crippen molar-refractivity contribution in [3.8, 4) is 0 Å². The van der Waals surface area contributed by atoms with Gasteiger partial charge in [-0.3, -0.25) is 4.79 Å². The van der Waals surface area contributed by atoms with Crippen molar-refractivity contribution in [1.29, 1.82) is 0 Å². The molecule has 0 spiro atoms. The Morgan fingerprint density at radius 1 is 1.25 bits per heavy atom. The Bertz CT molecular complexity index is 544. The summed E-state index contributed by atoms with van der Waals surface area (Å²) in [4.78, 5) is 16.2. The van der Waals surface area contributed by atoms with Gasteiger partial charge in [-0.1, -0.05) is 24.3 Å². The Hall–Kier alpha value is -1.31. The van der Waals surface area contributed by atoms with E-state index in [-0.39, 0.29) is 29.9 Å². The smallest absolute Gasteiger partial charge is 0.220 e. The number of nitrogens with one attached hydrogen (secondary N) is 3. The van der Waals surface area contributed by atoms with Crippen molar-refractivity contribution in [3.05, 3.63) is 35.4 Å². The third-order valence-corrected chi connectivity index (χ3v) is 3.83. The monoisotopic (exact) mass is 444 g/mol. The molecule has 24 heavy (non-hydrogen) atoms. The van der Waals surface area contributed by atoms with Crippen molar-refractivity contribution in [1.82, 2.24) is 16.0 Å². The maximum Gasteiger partial charge on any atom is 0.220 e. The number of halogens is 1. The predicted octanol–water partition coefficient (Wildman–Crippen LogP) is 2.73. The fourth-order valence-corrected chi connectivity index (χ4v) is 2.28. The lowest BCUT2D eigenvalue weighted by molar-refractivity contribution is -0.121. The zero-order chi connectivity index (χ0) is 16.5. The van der Waals surface area contributed by atoms with Gasteiger partial charge >= 0.3 is 0 Å². The van der Waals surface area contributed by atoms with Crippen LogP contribution in [0.2, 0.25) is 0 Å². The average molecular weight is 444 g/mol. The second kappa shape index (κ2) is 11.3. The number of amides is 1. The van der Waals surface area contributed by atoms with E-state index in [0.717, 1.165) is 38.3 Å². The Morgan fingerprint density at radius 2 is 2.00 bits per heavy atom. The number of hydrogen-bond acceptors (Lipinski definition) is 2. The van der Waals surface area contributed by atoms with Crippen LogP contribution in [0.25, 0.3) is 0 Å². The summed E-state index contributed by atoms with van der Waals surface area (Å²) in [5, 5.41) is 9.54. The van der Waals surface area contributed by atoms with Crippen molar-refractivity contribution < 1.29 is 4.79 Å². The zero-order valence-electron chi connectivity index (χ0n) is 14.6. The minimum Gasteiger partial charge on any atom is -0.357 e. The van der Waals surface area contributed by atoms with Crippen molar-refractivity contribution in [2.24, 2.45) is 4.99 Å². The minimum absolute atomic E-state index is 0. The summed E-state index contributed by atoms with van der Waals surface area (Å²) < 4.78 is 0. The lowest BCUT2D eigenvalue weighted by Gasteiger charge is -2.11. The van der Waals surface area contributed by atoms with E-state index in [4.69, 9.17) is 0 Å². The van der Waals surface area contributed by atoms with Gasteiger partial charge in [-0.25, -0.2) is 4.99 Å². The molecule has 1 aromatic carbocycles. The Balaban J connectivity index is 0.00000288. The summed E-state index contributed by atoms with van der Waals surface area (Å²) in [6.45, 7) is 6.38. The summed E-state index contributed by atoms with van der Waals surface area (Å²) in [6.07, 6.45) is 3.66. The molecule has 0 aliphatic heterocycles. The van der Waals surface area contributed by atoms with Gasteiger partial charge in [-0.2, -0.15) is 0 Å². The van der Waals surface area contributed by atoms with E-state index in [0.29, 0.717) is 19.0 Å². The topological polar surface area (TPSA) is 65.5 Å². The van der Waals surface area contributed by atoms with E-state index in [9.17, 15) is 4.79 Å². The fourth-order valence-electron chi connectivity index (χ4n) is 2.28. The van der Waals surface area contributed by atoms with Crippen LogP contribution in [0.1, 0.15) is 43.7 Å². The second-order valence-corrected chi connectivity index (χ2v) is 5.99. The standard InChI is InChI=1S/C18H28N4O.HI/c1-3-19-18(21-13-15-8-5-4-7-14(15)2)20-12-6-9-17(23)22-16-10-11-16;/h4-5,7-8,16H,3,6,9-13H2,1-2H3,(H,22,23)(H2,19,20,21);1H. The molecule has 1 aliphatic carbocycles. The first-order chi connectivity index (χ1) is 11.2. The van der Waals surface area contributed by atoms with Gasteiger partial charge < -0.3 is 16.0 Å². The lowest BCUT2D eigenvalue weighted by Crippen LogP contribution is -2.38. The predicted molar refractivity (Wildman–Crippen MR) is 110 cm³/mol. The second-order valence-electron chi connectivity index (χ2n) is 5.99. The third-order valence-electron chi connectivity index (χ3n) is 3.83. The normalized spacial score (nSPS) is 13.8. The Morgan fingerprint density at radius 3 is 2.67 bits per heavy atom. The van der Waals surface area contributed by atoms with Crippen molar-refractivity contribution in [2.45, 2.75) is 52.1 Å². The van der Waals surface area contributed by atoms with Crippen LogP contribution in [0.3, 0.4) is 0 Å². The van der Waals surface area contributed by atoms with Crippen molar-refractivity contribution in [2.75, 3.05) is 13.1 Å². The van der Waals surface area contributed by atoms with Crippen LogP contribution < -0.4 is 16.0 Å². The highest BCUT2D eigenvalue weighted by atomic mass is 127. The molecule has 1 amide bonds. The number of nitrogens with zero attached hydrogens (tertiary/aromatic N) is 1. The van der Waals surface area contributed by atoms with Gasteiger partial charge in [0.15, 0.2) is 5.96 Å². The number of guanidine groups is 1. The van der Waals surface area contributed by atoms with Crippen LogP contribution in [0.5, 0.6) is 0 Å². The highest BCUT2D eigenvalue weighted by molar-refractivity contribution is 14.0. The molecule has 0 atom stereocenters. The van der Waals surface area contributed by atoms with Gasteiger partial charge in [-0.15, -0.1) is 24.0 Å². The number of aryl methyl sites for hydroxylation is 1. The van der Waals surface area contributed by atoms with Crippen LogP contribution in [-0.4, -0.2) is 31.0 Å². The third kappa shape index (κ3) is 7.99. The Labute approximate surface area is 162 Å². The molecule has 1 aliphatic rings. The van der Waals surface area contributed by atoms with Gasteiger partial charge in [0.2, 0.25) is 5.91 Å². The summed E-state index contributed by atoms with van der Waals surface area (Å²) in [7, 11) is 0. The molecule has 3 N–H and O–H groups in total. The van der Waals surface area contributed by atoms with E-state index >= 15 is 0 Å². The molecule has 134 valence electrons. The highest BCUT2D eigenvalue weighted by Gasteiger charge is 2.22. The molecule has 0 unspecified atom stereocenters. The van der Waals surface area contributed by atoms with Crippen LogP contribution in [-0.2, 0) is 11.3 Å². The maximum atomic E-state index is 11.6. The number of carbonyl (C=O) groups is 1. The van der Waals surface area contributed by atoms with Crippen LogP contribution in [0.4, 0.5) is 0 Å². The fraction of sp³-hybridized carbons (Fsp3) is 0.556. The molecule has 6 heteroatoms. The molecule has 1 fully saturated rings. The number of aliphatic imine (C=N–C) groups is 1. The van der Waals surface area contributed by atoms with E-state index in [1.807, 2.05) is 19.1 Å². The van der Waals surface area contributed by atoms with Crippen molar-refractivity contribution >= 4 is 35.8 Å². The number of carbonyl (C=O) groups excluding carboxylic acids is 1.